The lowest BCUT2D eigenvalue weighted by molar-refractivity contribution is -0.116. The molecular formula is C18H23NO3S. The maximum Gasteiger partial charge on any atom is 0.224 e. The van der Waals surface area contributed by atoms with Crippen molar-refractivity contribution >= 4 is 21.4 Å². The second-order valence-electron chi connectivity index (χ2n) is 6.50. The molecule has 2 aliphatic carbocycles. The Kier molecular flexibility index (Phi) is 4.85. The fourth-order valence-corrected chi connectivity index (χ4v) is 5.36. The van der Waals surface area contributed by atoms with E-state index in [1.54, 1.807) is 24.3 Å². The van der Waals surface area contributed by atoms with Crippen molar-refractivity contribution in [2.75, 3.05) is 5.32 Å². The van der Waals surface area contributed by atoms with Gasteiger partial charge in [-0.1, -0.05) is 31.1 Å². The molecule has 1 saturated carbocycles. The third-order valence-electron chi connectivity index (χ3n) is 4.75. The molecule has 1 fully saturated rings. The van der Waals surface area contributed by atoms with Gasteiger partial charge in [-0.2, -0.15) is 0 Å². The molecule has 1 aromatic rings. The van der Waals surface area contributed by atoms with Gasteiger partial charge in [0.1, 0.15) is 0 Å². The van der Waals surface area contributed by atoms with E-state index >= 15 is 0 Å². The molecule has 0 spiro atoms. The number of hydrogen-bond donors (Lipinski definition) is 1. The first kappa shape index (κ1) is 16.2. The lowest BCUT2D eigenvalue weighted by Crippen LogP contribution is -2.19. The first-order chi connectivity index (χ1) is 11.1. The summed E-state index contributed by atoms with van der Waals surface area (Å²) < 4.78 is 25.3. The molecule has 23 heavy (non-hydrogen) atoms. The van der Waals surface area contributed by atoms with E-state index in [-0.39, 0.29) is 11.2 Å². The van der Waals surface area contributed by atoms with E-state index in [9.17, 15) is 13.2 Å². The van der Waals surface area contributed by atoms with Gasteiger partial charge in [0.2, 0.25) is 5.91 Å². The molecule has 3 rings (SSSR count). The first-order valence-corrected chi connectivity index (χ1v) is 9.91. The van der Waals surface area contributed by atoms with E-state index < -0.39 is 9.84 Å². The SMILES string of the molecule is O=C(C[C@H]1C=CCC1)Nc1cccc(S(=O)(=O)C2CCCC2)c1. The van der Waals surface area contributed by atoms with Gasteiger partial charge in [0.05, 0.1) is 10.1 Å². The summed E-state index contributed by atoms with van der Waals surface area (Å²) in [6.45, 7) is 0. The van der Waals surface area contributed by atoms with Crippen LogP contribution in [-0.2, 0) is 14.6 Å². The van der Waals surface area contributed by atoms with Crippen LogP contribution in [0.1, 0.15) is 44.9 Å². The zero-order valence-electron chi connectivity index (χ0n) is 13.2. The Morgan fingerprint density at radius 3 is 2.65 bits per heavy atom. The topological polar surface area (TPSA) is 63.2 Å². The monoisotopic (exact) mass is 333 g/mol. The van der Waals surface area contributed by atoms with Crippen molar-refractivity contribution in [1.82, 2.24) is 0 Å². The minimum Gasteiger partial charge on any atom is -0.326 e. The third kappa shape index (κ3) is 3.83. The second-order valence-corrected chi connectivity index (χ2v) is 8.73. The Balaban J connectivity index is 1.69. The van der Waals surface area contributed by atoms with Crippen molar-refractivity contribution in [3.8, 4) is 0 Å². The van der Waals surface area contributed by atoms with Gasteiger partial charge in [0.25, 0.3) is 0 Å². The standard InChI is InChI=1S/C18H23NO3S/c20-18(12-14-6-1-2-7-14)19-15-8-5-11-17(13-15)23(21,22)16-9-3-4-10-16/h1,5-6,8,11,13-14,16H,2-4,7,9-10,12H2,(H,19,20)/t14-/m0/s1. The molecule has 0 saturated heterocycles. The largest absolute Gasteiger partial charge is 0.326 e. The van der Waals surface area contributed by atoms with Crippen molar-refractivity contribution in [2.45, 2.75) is 55.1 Å². The second kappa shape index (κ2) is 6.87. The Labute approximate surface area is 137 Å². The summed E-state index contributed by atoms with van der Waals surface area (Å²) in [5.74, 6) is 0.248. The van der Waals surface area contributed by atoms with Gasteiger partial charge in [-0.05, 0) is 49.8 Å². The third-order valence-corrected chi connectivity index (χ3v) is 7.01. The number of sulfone groups is 1. The summed E-state index contributed by atoms with van der Waals surface area (Å²) in [4.78, 5) is 12.4. The Bertz CT molecular complexity index is 703. The molecule has 124 valence electrons. The summed E-state index contributed by atoms with van der Waals surface area (Å²) in [6.07, 6.45) is 10.1. The van der Waals surface area contributed by atoms with E-state index in [0.29, 0.717) is 22.9 Å². The van der Waals surface area contributed by atoms with Crippen molar-refractivity contribution in [1.29, 1.82) is 0 Å². The van der Waals surface area contributed by atoms with Gasteiger partial charge >= 0.3 is 0 Å². The maximum atomic E-state index is 12.6. The molecular weight excluding hydrogens is 310 g/mol. The van der Waals surface area contributed by atoms with Crippen LogP contribution in [-0.4, -0.2) is 19.6 Å². The number of hydrogen-bond acceptors (Lipinski definition) is 3. The average Bonchev–Trinajstić information content (AvgIpc) is 3.20. The van der Waals surface area contributed by atoms with Gasteiger partial charge in [0, 0.05) is 12.1 Å². The zero-order valence-corrected chi connectivity index (χ0v) is 14.0. The molecule has 1 atom stereocenters. The van der Waals surface area contributed by atoms with Crippen LogP contribution in [0.25, 0.3) is 0 Å². The lowest BCUT2D eigenvalue weighted by atomic mass is 10.1. The highest BCUT2D eigenvalue weighted by Crippen LogP contribution is 2.30. The molecule has 0 heterocycles. The molecule has 0 aromatic heterocycles. The summed E-state index contributed by atoms with van der Waals surface area (Å²) >= 11 is 0. The lowest BCUT2D eigenvalue weighted by Gasteiger charge is -2.13. The van der Waals surface area contributed by atoms with Crippen LogP contribution in [0.4, 0.5) is 5.69 Å². The average molecular weight is 333 g/mol. The molecule has 1 aromatic carbocycles. The number of carbonyl (C=O) groups excluding carboxylic acids is 1. The summed E-state index contributed by atoms with van der Waals surface area (Å²) in [5.41, 5.74) is 0.566. The molecule has 5 heteroatoms. The molecule has 0 bridgehead atoms. The number of amides is 1. The molecule has 0 radical (unpaired) electrons. The van der Waals surface area contributed by atoms with Gasteiger partial charge in [-0.3, -0.25) is 4.79 Å². The number of rotatable bonds is 5. The van der Waals surface area contributed by atoms with Crippen LogP contribution in [0.15, 0.2) is 41.3 Å². The predicted molar refractivity (Wildman–Crippen MR) is 91.0 cm³/mol. The number of nitrogens with one attached hydrogen (secondary N) is 1. The Morgan fingerprint density at radius 2 is 1.96 bits per heavy atom. The van der Waals surface area contributed by atoms with E-state index in [2.05, 4.69) is 17.5 Å². The quantitative estimate of drug-likeness (QED) is 0.836. The molecule has 2 aliphatic rings. The molecule has 0 aliphatic heterocycles. The van der Waals surface area contributed by atoms with E-state index in [1.807, 2.05) is 0 Å². The highest BCUT2D eigenvalue weighted by molar-refractivity contribution is 7.92. The summed E-state index contributed by atoms with van der Waals surface area (Å²) in [7, 11) is -3.28. The van der Waals surface area contributed by atoms with Crippen LogP contribution >= 0.6 is 0 Å². The van der Waals surface area contributed by atoms with Crippen LogP contribution in [0, 0.1) is 5.92 Å². The highest BCUT2D eigenvalue weighted by Gasteiger charge is 2.30. The minimum atomic E-state index is -3.28. The van der Waals surface area contributed by atoms with Crippen molar-refractivity contribution in [3.05, 3.63) is 36.4 Å². The molecule has 1 N–H and O–H groups in total. The number of benzene rings is 1. The fraction of sp³-hybridized carbons (Fsp3) is 0.500. The first-order valence-electron chi connectivity index (χ1n) is 8.36. The van der Waals surface area contributed by atoms with Crippen LogP contribution in [0.3, 0.4) is 0 Å². The minimum absolute atomic E-state index is 0.0584. The number of allylic oxidation sites excluding steroid dienone is 2. The van der Waals surface area contributed by atoms with Gasteiger partial charge < -0.3 is 5.32 Å². The number of carbonyl (C=O) groups is 1. The van der Waals surface area contributed by atoms with E-state index in [4.69, 9.17) is 0 Å². The molecule has 4 nitrogen and oxygen atoms in total. The van der Waals surface area contributed by atoms with Crippen LogP contribution in [0.5, 0.6) is 0 Å². The van der Waals surface area contributed by atoms with E-state index in [0.717, 1.165) is 38.5 Å². The summed E-state index contributed by atoms with van der Waals surface area (Å²) in [6, 6.07) is 6.67. The fourth-order valence-electron chi connectivity index (χ4n) is 3.46. The van der Waals surface area contributed by atoms with E-state index in [1.165, 1.54) is 0 Å². The zero-order chi connectivity index (χ0) is 16.3. The molecule has 1 amide bonds. The van der Waals surface area contributed by atoms with Crippen molar-refractivity contribution < 1.29 is 13.2 Å². The smallest absolute Gasteiger partial charge is 0.224 e. The molecule has 0 unspecified atom stereocenters. The van der Waals surface area contributed by atoms with Crippen molar-refractivity contribution in [3.63, 3.8) is 0 Å². The van der Waals surface area contributed by atoms with Gasteiger partial charge in [-0.15, -0.1) is 0 Å². The predicted octanol–water partition coefficient (Wildman–Crippen LogP) is 3.70. The summed E-state index contributed by atoms with van der Waals surface area (Å²) in [5, 5.41) is 2.57. The van der Waals surface area contributed by atoms with Crippen LogP contribution in [0.2, 0.25) is 0 Å². The Hall–Kier alpha value is -1.62. The van der Waals surface area contributed by atoms with Gasteiger partial charge in [0.15, 0.2) is 9.84 Å². The van der Waals surface area contributed by atoms with Crippen LogP contribution < -0.4 is 5.32 Å². The number of anilines is 1. The van der Waals surface area contributed by atoms with Gasteiger partial charge in [-0.25, -0.2) is 8.42 Å². The normalized spacial score (nSPS) is 21.7. The Morgan fingerprint density at radius 1 is 1.17 bits per heavy atom. The highest BCUT2D eigenvalue weighted by atomic mass is 32.2. The van der Waals surface area contributed by atoms with Crippen molar-refractivity contribution in [2.24, 2.45) is 5.92 Å². The maximum absolute atomic E-state index is 12.6.